The van der Waals surface area contributed by atoms with Crippen molar-refractivity contribution in [3.63, 3.8) is 0 Å². The third kappa shape index (κ3) is 4.15. The first-order valence-corrected chi connectivity index (χ1v) is 5.56. The number of nitrogens with zero attached hydrogens (tertiary/aromatic N) is 1. The second-order valence-corrected chi connectivity index (χ2v) is 3.70. The second-order valence-electron chi connectivity index (χ2n) is 3.70. The summed E-state index contributed by atoms with van der Waals surface area (Å²) in [5, 5.41) is 2.80. The van der Waals surface area contributed by atoms with Crippen LogP contribution in [0.5, 0.6) is 0 Å². The molecule has 5 heteroatoms. The van der Waals surface area contributed by atoms with Crippen LogP contribution in [0.3, 0.4) is 0 Å². The van der Waals surface area contributed by atoms with E-state index < -0.39 is 0 Å². The Morgan fingerprint density at radius 2 is 2.20 bits per heavy atom. The normalized spacial score (nSPS) is 19.9. The summed E-state index contributed by atoms with van der Waals surface area (Å²) in [6.45, 7) is 6.36. The van der Waals surface area contributed by atoms with Gasteiger partial charge in [0.2, 0.25) is 5.91 Å². The van der Waals surface area contributed by atoms with Gasteiger partial charge in [0.25, 0.3) is 0 Å². The minimum Gasteiger partial charge on any atom is -0.379 e. The first-order valence-electron chi connectivity index (χ1n) is 5.56. The van der Waals surface area contributed by atoms with E-state index in [9.17, 15) is 4.79 Å². The number of amides is 1. The lowest BCUT2D eigenvalue weighted by molar-refractivity contribution is -0.122. The lowest BCUT2D eigenvalue weighted by Crippen LogP contribution is -2.48. The average Bonchev–Trinajstić information content (AvgIpc) is 2.27. The molecule has 88 valence electrons. The molecular formula is C10H21N3O2. The molecule has 0 spiro atoms. The first-order chi connectivity index (χ1) is 7.27. The van der Waals surface area contributed by atoms with Gasteiger partial charge in [0.05, 0.1) is 13.2 Å². The number of morpholine rings is 1. The van der Waals surface area contributed by atoms with Gasteiger partial charge >= 0.3 is 0 Å². The van der Waals surface area contributed by atoms with Crippen LogP contribution in [0.15, 0.2) is 0 Å². The highest BCUT2D eigenvalue weighted by molar-refractivity contribution is 5.76. The van der Waals surface area contributed by atoms with Crippen molar-refractivity contribution in [2.24, 2.45) is 5.73 Å². The van der Waals surface area contributed by atoms with E-state index in [-0.39, 0.29) is 11.9 Å². The second kappa shape index (κ2) is 6.76. The molecule has 1 heterocycles. The molecule has 0 radical (unpaired) electrons. The molecular weight excluding hydrogens is 194 g/mol. The van der Waals surface area contributed by atoms with E-state index in [2.05, 4.69) is 10.2 Å². The zero-order valence-corrected chi connectivity index (χ0v) is 9.37. The van der Waals surface area contributed by atoms with Crippen LogP contribution in [0.25, 0.3) is 0 Å². The molecule has 0 saturated carbocycles. The third-order valence-electron chi connectivity index (χ3n) is 2.63. The average molecular weight is 215 g/mol. The zero-order valence-electron chi connectivity index (χ0n) is 9.37. The van der Waals surface area contributed by atoms with Crippen LogP contribution in [-0.4, -0.2) is 56.2 Å². The van der Waals surface area contributed by atoms with Crippen molar-refractivity contribution in [1.29, 1.82) is 0 Å². The molecule has 5 nitrogen and oxygen atoms in total. The van der Waals surface area contributed by atoms with E-state index in [1.165, 1.54) is 0 Å². The van der Waals surface area contributed by atoms with Gasteiger partial charge < -0.3 is 15.8 Å². The molecule has 1 saturated heterocycles. The molecule has 1 aliphatic rings. The van der Waals surface area contributed by atoms with Crippen molar-refractivity contribution in [2.45, 2.75) is 19.4 Å². The number of ether oxygens (including phenoxy) is 1. The van der Waals surface area contributed by atoms with Gasteiger partial charge in [-0.05, 0) is 6.92 Å². The van der Waals surface area contributed by atoms with E-state index in [4.69, 9.17) is 10.5 Å². The molecule has 0 aromatic rings. The molecule has 0 aromatic heterocycles. The fraction of sp³-hybridized carbons (Fsp3) is 0.900. The number of hydrogen-bond acceptors (Lipinski definition) is 4. The topological polar surface area (TPSA) is 67.6 Å². The molecule has 1 amide bonds. The largest absolute Gasteiger partial charge is 0.379 e. The van der Waals surface area contributed by atoms with Gasteiger partial charge in [-0.2, -0.15) is 0 Å². The summed E-state index contributed by atoms with van der Waals surface area (Å²) in [5.41, 5.74) is 5.69. The number of hydrogen-bond donors (Lipinski definition) is 2. The van der Waals surface area contributed by atoms with Crippen LogP contribution < -0.4 is 11.1 Å². The Morgan fingerprint density at radius 3 is 2.73 bits per heavy atom. The minimum absolute atomic E-state index is 0.0828. The quantitative estimate of drug-likeness (QED) is 0.628. The Kier molecular flexibility index (Phi) is 5.60. The maximum absolute atomic E-state index is 11.4. The van der Waals surface area contributed by atoms with Crippen molar-refractivity contribution in [3.05, 3.63) is 0 Å². The van der Waals surface area contributed by atoms with E-state index in [1.807, 2.05) is 6.92 Å². The Morgan fingerprint density at radius 1 is 1.53 bits per heavy atom. The Balaban J connectivity index is 2.36. The highest BCUT2D eigenvalue weighted by Gasteiger charge is 2.21. The van der Waals surface area contributed by atoms with Gasteiger partial charge in [-0.1, -0.05) is 0 Å². The maximum Gasteiger partial charge on any atom is 0.221 e. The summed E-state index contributed by atoms with van der Waals surface area (Å²) in [6.07, 6.45) is 0.490. The summed E-state index contributed by atoms with van der Waals surface area (Å²) < 4.78 is 5.26. The number of nitrogens with two attached hydrogens (primary N) is 1. The summed E-state index contributed by atoms with van der Waals surface area (Å²) in [6, 6.07) is 0.153. The molecule has 1 unspecified atom stereocenters. The fourth-order valence-corrected chi connectivity index (χ4v) is 1.79. The number of carbonyl (C=O) groups is 1. The van der Waals surface area contributed by atoms with E-state index >= 15 is 0 Å². The van der Waals surface area contributed by atoms with E-state index in [1.54, 1.807) is 0 Å². The summed E-state index contributed by atoms with van der Waals surface area (Å²) in [4.78, 5) is 13.7. The Labute approximate surface area is 90.9 Å². The van der Waals surface area contributed by atoms with Gasteiger partial charge in [-0.15, -0.1) is 0 Å². The fourth-order valence-electron chi connectivity index (χ4n) is 1.79. The van der Waals surface area contributed by atoms with Crippen LogP contribution >= 0.6 is 0 Å². The Hall–Kier alpha value is -0.650. The molecule has 1 atom stereocenters. The molecule has 1 fully saturated rings. The van der Waals surface area contributed by atoms with Crippen molar-refractivity contribution >= 4 is 5.91 Å². The summed E-state index contributed by atoms with van der Waals surface area (Å²) in [7, 11) is 0. The number of rotatable bonds is 5. The van der Waals surface area contributed by atoms with E-state index in [0.29, 0.717) is 19.5 Å². The number of nitrogens with one attached hydrogen (secondary N) is 1. The SMILES string of the molecule is CCNC(=O)CC(CN)N1CCOCC1. The monoisotopic (exact) mass is 215 g/mol. The van der Waals surface area contributed by atoms with E-state index in [0.717, 1.165) is 26.3 Å². The van der Waals surface area contributed by atoms with Crippen LogP contribution in [-0.2, 0) is 9.53 Å². The van der Waals surface area contributed by atoms with Gasteiger partial charge in [0.1, 0.15) is 0 Å². The summed E-state index contributed by atoms with van der Waals surface area (Å²) in [5.74, 6) is 0.0828. The van der Waals surface area contributed by atoms with Gasteiger partial charge in [-0.25, -0.2) is 0 Å². The smallest absolute Gasteiger partial charge is 0.221 e. The van der Waals surface area contributed by atoms with Gasteiger partial charge in [0, 0.05) is 38.6 Å². The predicted octanol–water partition coefficient (Wildman–Crippen LogP) is -0.828. The number of carbonyl (C=O) groups excluding carboxylic acids is 1. The van der Waals surface area contributed by atoms with Crippen molar-refractivity contribution in [1.82, 2.24) is 10.2 Å². The molecule has 1 rings (SSSR count). The van der Waals surface area contributed by atoms with Crippen molar-refractivity contribution in [2.75, 3.05) is 39.4 Å². The van der Waals surface area contributed by atoms with Crippen molar-refractivity contribution < 1.29 is 9.53 Å². The summed E-state index contributed by atoms with van der Waals surface area (Å²) >= 11 is 0. The minimum atomic E-state index is 0.0828. The maximum atomic E-state index is 11.4. The van der Waals surface area contributed by atoms with Crippen LogP contribution in [0.4, 0.5) is 0 Å². The van der Waals surface area contributed by atoms with Crippen LogP contribution in [0, 0.1) is 0 Å². The highest BCUT2D eigenvalue weighted by Crippen LogP contribution is 2.06. The molecule has 0 aliphatic carbocycles. The highest BCUT2D eigenvalue weighted by atomic mass is 16.5. The van der Waals surface area contributed by atoms with Gasteiger partial charge in [-0.3, -0.25) is 9.69 Å². The molecule has 0 bridgehead atoms. The third-order valence-corrected chi connectivity index (χ3v) is 2.63. The molecule has 3 N–H and O–H groups in total. The predicted molar refractivity (Wildman–Crippen MR) is 58.5 cm³/mol. The molecule has 0 aromatic carbocycles. The van der Waals surface area contributed by atoms with Crippen molar-refractivity contribution in [3.8, 4) is 0 Å². The zero-order chi connectivity index (χ0) is 11.1. The molecule has 1 aliphatic heterocycles. The lowest BCUT2D eigenvalue weighted by Gasteiger charge is -2.33. The van der Waals surface area contributed by atoms with Gasteiger partial charge in [0.15, 0.2) is 0 Å². The van der Waals surface area contributed by atoms with Crippen LogP contribution in [0.2, 0.25) is 0 Å². The first kappa shape index (κ1) is 12.4. The standard InChI is InChI=1S/C10H21N3O2/c1-2-12-10(14)7-9(8-11)13-3-5-15-6-4-13/h9H,2-8,11H2,1H3,(H,12,14). The Bertz CT molecular complexity index is 193. The van der Waals surface area contributed by atoms with Crippen LogP contribution in [0.1, 0.15) is 13.3 Å². The molecule has 15 heavy (non-hydrogen) atoms. The lowest BCUT2D eigenvalue weighted by atomic mass is 10.1.